The number of nitrogens with one attached hydrogen (secondary N) is 1. The van der Waals surface area contributed by atoms with Gasteiger partial charge in [0.1, 0.15) is 5.75 Å². The minimum atomic E-state index is -3.53. The van der Waals surface area contributed by atoms with Gasteiger partial charge in [-0.2, -0.15) is 0 Å². The summed E-state index contributed by atoms with van der Waals surface area (Å²) in [6.07, 6.45) is 1.49. The number of esters is 1. The molecule has 0 radical (unpaired) electrons. The summed E-state index contributed by atoms with van der Waals surface area (Å²) in [4.78, 5) is 24.2. The third kappa shape index (κ3) is 7.15. The number of ether oxygens (including phenoxy) is 2. The molecule has 2 aromatic carbocycles. The Morgan fingerprint density at radius 3 is 2.39 bits per heavy atom. The molecule has 1 N–H and O–H groups in total. The third-order valence-corrected chi connectivity index (χ3v) is 5.79. The first-order valence-electron chi connectivity index (χ1n) is 9.54. The molecule has 2 rings (SSSR count). The molecule has 0 spiro atoms. The van der Waals surface area contributed by atoms with E-state index >= 15 is 0 Å². The van der Waals surface area contributed by atoms with Crippen LogP contribution < -0.4 is 14.4 Å². The summed E-state index contributed by atoms with van der Waals surface area (Å²) in [6, 6.07) is 11.1. The topological polar surface area (TPSA) is 102 Å². The van der Waals surface area contributed by atoms with Gasteiger partial charge in [-0.3, -0.25) is 9.10 Å². The van der Waals surface area contributed by atoms with Crippen molar-refractivity contribution in [2.45, 2.75) is 19.8 Å². The van der Waals surface area contributed by atoms with Gasteiger partial charge in [-0.25, -0.2) is 13.2 Å². The smallest absolute Gasteiger partial charge is 0.339 e. The highest BCUT2D eigenvalue weighted by molar-refractivity contribution is 7.92. The van der Waals surface area contributed by atoms with E-state index in [1.807, 2.05) is 0 Å². The Bertz CT molecular complexity index is 1020. The second-order valence-corrected chi connectivity index (χ2v) is 8.91. The molecule has 0 fully saturated rings. The number of nitrogens with zero attached hydrogens (tertiary/aromatic N) is 1. The zero-order valence-corrected chi connectivity index (χ0v) is 19.1. The Morgan fingerprint density at radius 1 is 1.13 bits per heavy atom. The minimum absolute atomic E-state index is 0.0829. The Labute approximate surface area is 187 Å². The van der Waals surface area contributed by atoms with Crippen LogP contribution in [0.1, 0.15) is 30.1 Å². The van der Waals surface area contributed by atoms with Gasteiger partial charge in [-0.15, -0.1) is 0 Å². The molecule has 31 heavy (non-hydrogen) atoms. The highest BCUT2D eigenvalue weighted by Crippen LogP contribution is 2.23. The van der Waals surface area contributed by atoms with E-state index in [0.717, 1.165) is 6.26 Å². The molecular weight excluding hydrogens is 444 g/mol. The summed E-state index contributed by atoms with van der Waals surface area (Å²) in [6.45, 7) is 2.02. The maximum atomic E-state index is 12.3. The second kappa shape index (κ2) is 11.0. The van der Waals surface area contributed by atoms with Crippen LogP contribution in [0.4, 0.5) is 11.4 Å². The van der Waals surface area contributed by atoms with Crippen molar-refractivity contribution < 1.29 is 27.5 Å². The average molecular weight is 469 g/mol. The Morgan fingerprint density at radius 2 is 1.81 bits per heavy atom. The van der Waals surface area contributed by atoms with Crippen LogP contribution in [0.2, 0.25) is 5.02 Å². The predicted molar refractivity (Wildman–Crippen MR) is 120 cm³/mol. The Balaban J connectivity index is 1.99. The zero-order chi connectivity index (χ0) is 23.0. The number of methoxy groups -OCH3 is 1. The first-order chi connectivity index (χ1) is 14.7. The second-order valence-electron chi connectivity index (χ2n) is 6.60. The number of halogens is 1. The molecule has 0 saturated carbocycles. The summed E-state index contributed by atoms with van der Waals surface area (Å²) in [5, 5.41) is 2.91. The van der Waals surface area contributed by atoms with Gasteiger partial charge in [0.15, 0.2) is 0 Å². The maximum Gasteiger partial charge on any atom is 0.339 e. The molecule has 0 atom stereocenters. The van der Waals surface area contributed by atoms with Gasteiger partial charge in [0.05, 0.1) is 36.2 Å². The Kier molecular flexibility index (Phi) is 8.70. The summed E-state index contributed by atoms with van der Waals surface area (Å²) < 4.78 is 35.6. The van der Waals surface area contributed by atoms with E-state index in [9.17, 15) is 18.0 Å². The van der Waals surface area contributed by atoms with Gasteiger partial charge < -0.3 is 14.8 Å². The molecule has 1 amide bonds. The number of hydrogen-bond acceptors (Lipinski definition) is 6. The van der Waals surface area contributed by atoms with Gasteiger partial charge in [-0.1, -0.05) is 11.6 Å². The van der Waals surface area contributed by atoms with Crippen LogP contribution >= 0.6 is 11.6 Å². The van der Waals surface area contributed by atoms with Crippen molar-refractivity contribution in [1.82, 2.24) is 0 Å². The fourth-order valence-electron chi connectivity index (χ4n) is 2.81. The summed E-state index contributed by atoms with van der Waals surface area (Å²) in [7, 11) is -2.00. The van der Waals surface area contributed by atoms with Crippen molar-refractivity contribution in [2.24, 2.45) is 0 Å². The fourth-order valence-corrected chi connectivity index (χ4v) is 3.97. The van der Waals surface area contributed by atoms with Crippen LogP contribution in [0, 0.1) is 0 Å². The molecule has 0 aliphatic rings. The molecule has 0 heterocycles. The van der Waals surface area contributed by atoms with Crippen LogP contribution in [0.5, 0.6) is 5.75 Å². The summed E-state index contributed by atoms with van der Waals surface area (Å²) >= 11 is 6.02. The van der Waals surface area contributed by atoms with Gasteiger partial charge >= 0.3 is 5.97 Å². The highest BCUT2D eigenvalue weighted by atomic mass is 35.5. The van der Waals surface area contributed by atoms with E-state index in [1.165, 1.54) is 23.5 Å². The first kappa shape index (κ1) is 24.5. The number of benzene rings is 2. The molecular formula is C21H25ClN2O6S. The number of rotatable bonds is 10. The van der Waals surface area contributed by atoms with E-state index in [1.54, 1.807) is 37.3 Å². The number of hydrogen-bond donors (Lipinski definition) is 1. The molecule has 0 saturated heterocycles. The van der Waals surface area contributed by atoms with Gasteiger partial charge in [-0.05, 0) is 55.8 Å². The van der Waals surface area contributed by atoms with Gasteiger partial charge in [0.25, 0.3) is 0 Å². The molecule has 2 aromatic rings. The molecule has 0 unspecified atom stereocenters. The van der Waals surface area contributed by atoms with Crippen LogP contribution in [-0.2, 0) is 19.6 Å². The first-order valence-corrected chi connectivity index (χ1v) is 11.8. The van der Waals surface area contributed by atoms with Crippen molar-refractivity contribution in [3.8, 4) is 5.75 Å². The molecule has 168 valence electrons. The molecule has 0 bridgehead atoms. The van der Waals surface area contributed by atoms with Gasteiger partial charge in [0, 0.05) is 18.7 Å². The fraction of sp³-hybridized carbons (Fsp3) is 0.333. The number of carbonyl (C=O) groups excluding carboxylic acids is 2. The molecule has 0 aliphatic heterocycles. The predicted octanol–water partition coefficient (Wildman–Crippen LogP) is 3.71. The monoisotopic (exact) mass is 468 g/mol. The van der Waals surface area contributed by atoms with Crippen LogP contribution in [-0.4, -0.2) is 46.8 Å². The quantitative estimate of drug-likeness (QED) is 0.533. The number of amides is 1. The maximum absolute atomic E-state index is 12.3. The third-order valence-electron chi connectivity index (χ3n) is 4.27. The number of anilines is 2. The molecule has 0 aromatic heterocycles. The van der Waals surface area contributed by atoms with E-state index in [2.05, 4.69) is 5.32 Å². The van der Waals surface area contributed by atoms with Gasteiger partial charge in [0.2, 0.25) is 15.9 Å². The van der Waals surface area contributed by atoms with Crippen molar-refractivity contribution in [2.75, 3.05) is 36.1 Å². The lowest BCUT2D eigenvalue weighted by molar-refractivity contribution is -0.116. The van der Waals surface area contributed by atoms with Crippen LogP contribution in [0.15, 0.2) is 42.5 Å². The van der Waals surface area contributed by atoms with E-state index in [0.29, 0.717) is 23.5 Å². The molecule has 0 aliphatic carbocycles. The van der Waals surface area contributed by atoms with Crippen molar-refractivity contribution in [1.29, 1.82) is 0 Å². The van der Waals surface area contributed by atoms with Crippen LogP contribution in [0.25, 0.3) is 0 Å². The molecule has 8 nitrogen and oxygen atoms in total. The highest BCUT2D eigenvalue weighted by Gasteiger charge is 2.18. The van der Waals surface area contributed by atoms with E-state index in [-0.39, 0.29) is 36.1 Å². The number of carbonyl (C=O) groups is 2. The average Bonchev–Trinajstić information content (AvgIpc) is 2.72. The normalized spacial score (nSPS) is 11.0. The lowest BCUT2D eigenvalue weighted by atomic mass is 10.2. The molecule has 10 heteroatoms. The lowest BCUT2D eigenvalue weighted by Gasteiger charge is -2.22. The summed E-state index contributed by atoms with van der Waals surface area (Å²) in [5.41, 5.74) is 1.04. The number of sulfonamides is 1. The van der Waals surface area contributed by atoms with E-state index < -0.39 is 16.0 Å². The van der Waals surface area contributed by atoms with Crippen molar-refractivity contribution in [3.63, 3.8) is 0 Å². The summed E-state index contributed by atoms with van der Waals surface area (Å²) in [5.74, 6) is -0.283. The largest absolute Gasteiger partial charge is 0.497 e. The van der Waals surface area contributed by atoms with Crippen molar-refractivity contribution in [3.05, 3.63) is 53.1 Å². The van der Waals surface area contributed by atoms with E-state index in [4.69, 9.17) is 21.1 Å². The lowest BCUT2D eigenvalue weighted by Crippen LogP contribution is -2.31. The minimum Gasteiger partial charge on any atom is -0.497 e. The standard InChI is InChI=1S/C21H25ClN2O6S/c1-4-30-21(26)18-14-15(7-12-19(18)22)23-20(25)6-5-13-24(31(3,27)28)16-8-10-17(29-2)11-9-16/h7-12,14H,4-6,13H2,1-3H3,(H,23,25). The Hall–Kier alpha value is -2.78. The zero-order valence-electron chi connectivity index (χ0n) is 17.6. The SMILES string of the molecule is CCOC(=O)c1cc(NC(=O)CCCN(c2ccc(OC)cc2)S(C)(=O)=O)ccc1Cl. The van der Waals surface area contributed by atoms with Crippen molar-refractivity contribution >= 4 is 44.9 Å². The van der Waals surface area contributed by atoms with Crippen LogP contribution in [0.3, 0.4) is 0 Å².